The maximum Gasteiger partial charge on any atom is 0.265 e. The van der Waals surface area contributed by atoms with Crippen molar-refractivity contribution < 1.29 is 14.3 Å². The van der Waals surface area contributed by atoms with E-state index in [1.165, 1.54) is 11.3 Å². The summed E-state index contributed by atoms with van der Waals surface area (Å²) in [6.07, 6.45) is 2.74. The second-order valence-corrected chi connectivity index (χ2v) is 9.78. The summed E-state index contributed by atoms with van der Waals surface area (Å²) in [5, 5.41) is 3.91. The number of aryl methyl sites for hydroxylation is 1. The molecule has 2 heterocycles. The minimum atomic E-state index is -0.0481. The van der Waals surface area contributed by atoms with Crippen LogP contribution in [-0.2, 0) is 9.53 Å². The van der Waals surface area contributed by atoms with Gasteiger partial charge in [-0.1, -0.05) is 37.3 Å². The van der Waals surface area contributed by atoms with Gasteiger partial charge in [0.05, 0.1) is 11.8 Å². The van der Waals surface area contributed by atoms with Crippen LogP contribution in [0.25, 0.3) is 10.6 Å². The molecule has 1 aliphatic rings. The van der Waals surface area contributed by atoms with Crippen LogP contribution in [0, 0.1) is 18.8 Å². The number of ether oxygens (including phenoxy) is 1. The monoisotopic (exact) mass is 457 g/mol. The number of carbonyl (C=O) groups is 2. The normalized spacial score (nSPS) is 15.7. The summed E-state index contributed by atoms with van der Waals surface area (Å²) in [4.78, 5) is 32.9. The van der Waals surface area contributed by atoms with Crippen molar-refractivity contribution in [3.05, 3.63) is 40.9 Å². The molecule has 1 saturated heterocycles. The number of benzene rings is 1. The Morgan fingerprint density at radius 3 is 2.53 bits per heavy atom. The zero-order valence-corrected chi connectivity index (χ0v) is 20.4. The minimum Gasteiger partial charge on any atom is -0.379 e. The van der Waals surface area contributed by atoms with E-state index < -0.39 is 0 Å². The average molecular weight is 458 g/mol. The van der Waals surface area contributed by atoms with E-state index in [-0.39, 0.29) is 23.8 Å². The fourth-order valence-corrected chi connectivity index (χ4v) is 5.06. The van der Waals surface area contributed by atoms with Gasteiger partial charge in [0, 0.05) is 37.7 Å². The molecule has 174 valence electrons. The molecular weight excluding hydrogens is 422 g/mol. The highest BCUT2D eigenvalue weighted by molar-refractivity contribution is 7.17. The number of likely N-dealkylation sites (tertiary alicyclic amines) is 1. The van der Waals surface area contributed by atoms with Gasteiger partial charge in [-0.25, -0.2) is 4.98 Å². The van der Waals surface area contributed by atoms with Crippen LogP contribution in [0.15, 0.2) is 30.3 Å². The SMILES string of the molecule is Cc1nc(-c2ccccc2)sc1C(=O)N1CCC(C(C)C(=O)NCCCOC(C)C)CC1. The maximum absolute atomic E-state index is 13.1. The van der Waals surface area contributed by atoms with Crippen molar-refractivity contribution in [2.75, 3.05) is 26.2 Å². The predicted octanol–water partition coefficient (Wildman–Crippen LogP) is 4.54. The van der Waals surface area contributed by atoms with Gasteiger partial charge in [0.25, 0.3) is 5.91 Å². The largest absolute Gasteiger partial charge is 0.379 e. The Morgan fingerprint density at radius 2 is 1.88 bits per heavy atom. The summed E-state index contributed by atoms with van der Waals surface area (Å²) < 4.78 is 5.51. The lowest BCUT2D eigenvalue weighted by molar-refractivity contribution is -0.126. The van der Waals surface area contributed by atoms with Gasteiger partial charge in [0.2, 0.25) is 5.91 Å². The number of nitrogens with one attached hydrogen (secondary N) is 1. The smallest absolute Gasteiger partial charge is 0.265 e. The molecule has 3 rings (SSSR count). The van der Waals surface area contributed by atoms with Gasteiger partial charge >= 0.3 is 0 Å². The molecule has 0 spiro atoms. The van der Waals surface area contributed by atoms with Crippen LogP contribution in [-0.4, -0.2) is 54.0 Å². The van der Waals surface area contributed by atoms with E-state index >= 15 is 0 Å². The van der Waals surface area contributed by atoms with Gasteiger partial charge < -0.3 is 15.0 Å². The third kappa shape index (κ3) is 6.39. The molecule has 1 unspecified atom stereocenters. The predicted molar refractivity (Wildman–Crippen MR) is 129 cm³/mol. The number of amides is 2. The summed E-state index contributed by atoms with van der Waals surface area (Å²) in [6, 6.07) is 9.97. The lowest BCUT2D eigenvalue weighted by atomic mass is 9.84. The Hall–Kier alpha value is -2.25. The molecule has 0 bridgehead atoms. The Bertz CT molecular complexity index is 889. The Kier molecular flexibility index (Phi) is 8.82. The van der Waals surface area contributed by atoms with E-state index in [9.17, 15) is 9.59 Å². The fourth-order valence-electron chi connectivity index (χ4n) is 4.02. The van der Waals surface area contributed by atoms with Crippen molar-refractivity contribution in [3.63, 3.8) is 0 Å². The molecule has 6 nitrogen and oxygen atoms in total. The van der Waals surface area contributed by atoms with E-state index in [4.69, 9.17) is 4.74 Å². The first-order valence-electron chi connectivity index (χ1n) is 11.6. The van der Waals surface area contributed by atoms with Crippen LogP contribution in [0.2, 0.25) is 0 Å². The topological polar surface area (TPSA) is 71.5 Å². The van der Waals surface area contributed by atoms with Crippen LogP contribution in [0.5, 0.6) is 0 Å². The van der Waals surface area contributed by atoms with Gasteiger partial charge in [0.15, 0.2) is 0 Å². The average Bonchev–Trinajstić information content (AvgIpc) is 3.19. The molecule has 1 atom stereocenters. The van der Waals surface area contributed by atoms with Gasteiger partial charge in [-0.3, -0.25) is 9.59 Å². The summed E-state index contributed by atoms with van der Waals surface area (Å²) in [5.41, 5.74) is 1.82. The summed E-state index contributed by atoms with van der Waals surface area (Å²) in [5.74, 6) is 0.412. The number of carbonyl (C=O) groups excluding carboxylic acids is 2. The zero-order chi connectivity index (χ0) is 23.1. The first-order valence-corrected chi connectivity index (χ1v) is 12.4. The molecule has 2 amide bonds. The lowest BCUT2D eigenvalue weighted by Gasteiger charge is -2.34. The Morgan fingerprint density at radius 1 is 1.19 bits per heavy atom. The van der Waals surface area contributed by atoms with Crippen LogP contribution in [0.3, 0.4) is 0 Å². The molecule has 2 aromatic rings. The maximum atomic E-state index is 13.1. The standard InChI is InChI=1S/C25H35N3O3S/c1-17(2)31-16-8-13-26-23(29)18(3)20-11-14-28(15-12-20)25(30)22-19(4)27-24(32-22)21-9-6-5-7-10-21/h5-7,9-10,17-18,20H,8,11-16H2,1-4H3,(H,26,29). The Balaban J connectivity index is 1.48. The molecule has 1 N–H and O–H groups in total. The van der Waals surface area contributed by atoms with E-state index in [2.05, 4.69) is 10.3 Å². The first-order chi connectivity index (χ1) is 15.4. The molecular formula is C25H35N3O3S. The van der Waals surface area contributed by atoms with Gasteiger partial charge in [-0.15, -0.1) is 11.3 Å². The van der Waals surface area contributed by atoms with E-state index in [0.29, 0.717) is 32.2 Å². The van der Waals surface area contributed by atoms with Crippen LogP contribution >= 0.6 is 11.3 Å². The number of thiazole rings is 1. The molecule has 0 radical (unpaired) electrons. The number of nitrogens with zero attached hydrogens (tertiary/aromatic N) is 2. The second-order valence-electron chi connectivity index (χ2n) is 8.78. The molecule has 1 aromatic carbocycles. The number of piperidine rings is 1. The van der Waals surface area contributed by atoms with Crippen molar-refractivity contribution in [2.45, 2.75) is 53.1 Å². The highest BCUT2D eigenvalue weighted by atomic mass is 32.1. The summed E-state index contributed by atoms with van der Waals surface area (Å²) in [6.45, 7) is 10.6. The van der Waals surface area contributed by atoms with Crippen molar-refractivity contribution in [1.29, 1.82) is 0 Å². The van der Waals surface area contributed by atoms with Crippen molar-refractivity contribution in [2.24, 2.45) is 11.8 Å². The second kappa shape index (κ2) is 11.6. The third-order valence-electron chi connectivity index (χ3n) is 6.03. The fraction of sp³-hybridized carbons (Fsp3) is 0.560. The zero-order valence-electron chi connectivity index (χ0n) is 19.6. The summed E-state index contributed by atoms with van der Waals surface area (Å²) >= 11 is 1.46. The van der Waals surface area contributed by atoms with Gasteiger partial charge in [-0.2, -0.15) is 0 Å². The van der Waals surface area contributed by atoms with Gasteiger partial charge in [-0.05, 0) is 46.0 Å². The lowest BCUT2D eigenvalue weighted by Crippen LogP contribution is -2.42. The van der Waals surface area contributed by atoms with Crippen LogP contribution < -0.4 is 5.32 Å². The molecule has 32 heavy (non-hydrogen) atoms. The highest BCUT2D eigenvalue weighted by Crippen LogP contribution is 2.31. The quantitative estimate of drug-likeness (QED) is 0.561. The highest BCUT2D eigenvalue weighted by Gasteiger charge is 2.31. The molecule has 1 fully saturated rings. The van der Waals surface area contributed by atoms with E-state index in [0.717, 1.165) is 40.4 Å². The van der Waals surface area contributed by atoms with Gasteiger partial charge in [0.1, 0.15) is 9.88 Å². The third-order valence-corrected chi connectivity index (χ3v) is 7.23. The number of hydrogen-bond acceptors (Lipinski definition) is 5. The Labute approximate surface area is 195 Å². The van der Waals surface area contributed by atoms with Crippen LogP contribution in [0.1, 0.15) is 55.4 Å². The minimum absolute atomic E-state index is 0.0481. The number of rotatable bonds is 9. The van der Waals surface area contributed by atoms with Crippen molar-refractivity contribution in [1.82, 2.24) is 15.2 Å². The van der Waals surface area contributed by atoms with E-state index in [1.807, 2.05) is 62.9 Å². The van der Waals surface area contributed by atoms with Crippen molar-refractivity contribution >= 4 is 23.2 Å². The molecule has 7 heteroatoms. The first kappa shape index (κ1) is 24.4. The van der Waals surface area contributed by atoms with Crippen molar-refractivity contribution in [3.8, 4) is 10.6 Å². The number of hydrogen-bond donors (Lipinski definition) is 1. The number of aromatic nitrogens is 1. The van der Waals surface area contributed by atoms with Crippen LogP contribution in [0.4, 0.5) is 0 Å². The molecule has 0 saturated carbocycles. The molecule has 0 aliphatic carbocycles. The summed E-state index contributed by atoms with van der Waals surface area (Å²) in [7, 11) is 0. The molecule has 1 aliphatic heterocycles. The van der Waals surface area contributed by atoms with E-state index in [1.54, 1.807) is 0 Å². The molecule has 1 aromatic heterocycles.